The van der Waals surface area contributed by atoms with Crippen molar-refractivity contribution in [2.75, 3.05) is 7.11 Å². The molecule has 2 aromatic rings. The van der Waals surface area contributed by atoms with E-state index in [-0.39, 0.29) is 5.56 Å². The Morgan fingerprint density at radius 1 is 1.11 bits per heavy atom. The fourth-order valence-corrected chi connectivity index (χ4v) is 1.99. The van der Waals surface area contributed by atoms with Crippen molar-refractivity contribution >= 4 is 0 Å². The van der Waals surface area contributed by atoms with Crippen LogP contribution in [0.3, 0.4) is 0 Å². The summed E-state index contributed by atoms with van der Waals surface area (Å²) in [7, 11) is 1.44. The molecule has 1 atom stereocenters. The van der Waals surface area contributed by atoms with Gasteiger partial charge in [0.15, 0.2) is 0 Å². The first kappa shape index (κ1) is 13.5. The standard InChI is InChI=1S/C15H14F2O2/c1-9-6-7-13(19-2)10(8-9)15(18)14-11(16)4-3-5-12(14)17/h3-8,15,18H,1-2H3. The number of hydrogen-bond donors (Lipinski definition) is 1. The fourth-order valence-electron chi connectivity index (χ4n) is 1.99. The van der Waals surface area contributed by atoms with Crippen molar-refractivity contribution in [3.05, 3.63) is 64.7 Å². The highest BCUT2D eigenvalue weighted by Crippen LogP contribution is 2.33. The highest BCUT2D eigenvalue weighted by molar-refractivity contribution is 5.43. The molecule has 0 aliphatic heterocycles. The van der Waals surface area contributed by atoms with Crippen LogP contribution < -0.4 is 4.74 Å². The molecule has 4 heteroatoms. The lowest BCUT2D eigenvalue weighted by Crippen LogP contribution is -2.07. The van der Waals surface area contributed by atoms with E-state index in [9.17, 15) is 13.9 Å². The zero-order valence-electron chi connectivity index (χ0n) is 10.7. The highest BCUT2D eigenvalue weighted by Gasteiger charge is 2.22. The molecule has 2 aromatic carbocycles. The first-order chi connectivity index (χ1) is 9.04. The van der Waals surface area contributed by atoms with Crippen LogP contribution in [0.5, 0.6) is 5.75 Å². The minimum absolute atomic E-state index is 0.339. The van der Waals surface area contributed by atoms with Crippen LogP contribution in [-0.4, -0.2) is 12.2 Å². The van der Waals surface area contributed by atoms with Gasteiger partial charge in [-0.05, 0) is 31.2 Å². The Kier molecular flexibility index (Phi) is 3.81. The number of hydrogen-bond acceptors (Lipinski definition) is 2. The molecule has 2 nitrogen and oxygen atoms in total. The van der Waals surface area contributed by atoms with E-state index < -0.39 is 17.7 Å². The highest BCUT2D eigenvalue weighted by atomic mass is 19.1. The third-order valence-electron chi connectivity index (χ3n) is 2.95. The average molecular weight is 264 g/mol. The molecule has 0 spiro atoms. The van der Waals surface area contributed by atoms with Crippen molar-refractivity contribution in [3.63, 3.8) is 0 Å². The van der Waals surface area contributed by atoms with Gasteiger partial charge in [0.05, 0.1) is 12.7 Å². The van der Waals surface area contributed by atoms with Crippen LogP contribution in [0.15, 0.2) is 36.4 Å². The Morgan fingerprint density at radius 2 is 1.74 bits per heavy atom. The minimum Gasteiger partial charge on any atom is -0.496 e. The van der Waals surface area contributed by atoms with Crippen LogP contribution in [0, 0.1) is 18.6 Å². The molecule has 1 N–H and O–H groups in total. The lowest BCUT2D eigenvalue weighted by Gasteiger charge is -2.17. The Bertz CT molecular complexity index is 576. The SMILES string of the molecule is COc1ccc(C)cc1C(O)c1c(F)cccc1F. The summed E-state index contributed by atoms with van der Waals surface area (Å²) in [6.07, 6.45) is -1.41. The van der Waals surface area contributed by atoms with Gasteiger partial charge in [0.2, 0.25) is 0 Å². The van der Waals surface area contributed by atoms with Gasteiger partial charge in [0, 0.05) is 5.56 Å². The maximum Gasteiger partial charge on any atom is 0.132 e. The van der Waals surface area contributed by atoms with Gasteiger partial charge in [-0.1, -0.05) is 17.7 Å². The molecule has 0 amide bonds. The largest absolute Gasteiger partial charge is 0.496 e. The molecule has 100 valence electrons. The van der Waals surface area contributed by atoms with E-state index in [0.29, 0.717) is 11.3 Å². The number of aliphatic hydroxyl groups is 1. The molecule has 0 aliphatic rings. The second-order valence-corrected chi connectivity index (χ2v) is 4.28. The van der Waals surface area contributed by atoms with Gasteiger partial charge < -0.3 is 9.84 Å². The molecule has 0 bridgehead atoms. The van der Waals surface area contributed by atoms with Gasteiger partial charge in [-0.2, -0.15) is 0 Å². The quantitative estimate of drug-likeness (QED) is 0.921. The number of aliphatic hydroxyl groups excluding tert-OH is 1. The second-order valence-electron chi connectivity index (χ2n) is 4.28. The van der Waals surface area contributed by atoms with Crippen molar-refractivity contribution in [3.8, 4) is 5.75 Å². The Balaban J connectivity index is 2.55. The van der Waals surface area contributed by atoms with Crippen LogP contribution in [0.1, 0.15) is 22.8 Å². The number of halogens is 2. The van der Waals surface area contributed by atoms with E-state index in [0.717, 1.165) is 17.7 Å². The van der Waals surface area contributed by atoms with E-state index in [2.05, 4.69) is 0 Å². The minimum atomic E-state index is -1.41. The van der Waals surface area contributed by atoms with Gasteiger partial charge in [0.25, 0.3) is 0 Å². The number of ether oxygens (including phenoxy) is 1. The molecule has 0 saturated heterocycles. The topological polar surface area (TPSA) is 29.5 Å². The van der Waals surface area contributed by atoms with Gasteiger partial charge in [0.1, 0.15) is 23.5 Å². The lowest BCUT2D eigenvalue weighted by atomic mass is 9.98. The van der Waals surface area contributed by atoms with Crippen molar-refractivity contribution in [1.82, 2.24) is 0 Å². The first-order valence-corrected chi connectivity index (χ1v) is 5.81. The molecule has 0 fully saturated rings. The third kappa shape index (κ3) is 2.58. The summed E-state index contributed by atoms with van der Waals surface area (Å²) in [5, 5.41) is 10.2. The monoisotopic (exact) mass is 264 g/mol. The van der Waals surface area contributed by atoms with Crippen molar-refractivity contribution in [2.45, 2.75) is 13.0 Å². The maximum absolute atomic E-state index is 13.7. The molecular formula is C15H14F2O2. The predicted molar refractivity (Wildman–Crippen MR) is 68.2 cm³/mol. The van der Waals surface area contributed by atoms with Crippen molar-refractivity contribution in [2.24, 2.45) is 0 Å². The number of methoxy groups -OCH3 is 1. The van der Waals surface area contributed by atoms with Crippen LogP contribution in [0.4, 0.5) is 8.78 Å². The van der Waals surface area contributed by atoms with Crippen molar-refractivity contribution in [1.29, 1.82) is 0 Å². The summed E-state index contributed by atoms with van der Waals surface area (Å²) >= 11 is 0. The van der Waals surface area contributed by atoms with Gasteiger partial charge in [-0.3, -0.25) is 0 Å². The summed E-state index contributed by atoms with van der Waals surface area (Å²) in [5.41, 5.74) is 0.837. The normalized spacial score (nSPS) is 12.3. The van der Waals surface area contributed by atoms with Crippen molar-refractivity contribution < 1.29 is 18.6 Å². The summed E-state index contributed by atoms with van der Waals surface area (Å²) in [6.45, 7) is 1.83. The van der Waals surface area contributed by atoms with Crippen LogP contribution in [0.25, 0.3) is 0 Å². The zero-order valence-corrected chi connectivity index (χ0v) is 10.7. The Morgan fingerprint density at radius 3 is 2.32 bits per heavy atom. The van der Waals surface area contributed by atoms with Crippen LogP contribution in [0.2, 0.25) is 0 Å². The van der Waals surface area contributed by atoms with Gasteiger partial charge in [-0.25, -0.2) is 8.78 Å². The summed E-state index contributed by atoms with van der Waals surface area (Å²) < 4.78 is 32.5. The summed E-state index contributed by atoms with van der Waals surface area (Å²) in [4.78, 5) is 0. The number of benzene rings is 2. The Hall–Kier alpha value is -1.94. The van der Waals surface area contributed by atoms with E-state index in [4.69, 9.17) is 4.74 Å². The molecule has 0 aromatic heterocycles. The Labute approximate surface area is 110 Å². The van der Waals surface area contributed by atoms with Crippen LogP contribution in [-0.2, 0) is 0 Å². The van der Waals surface area contributed by atoms with E-state index >= 15 is 0 Å². The second kappa shape index (κ2) is 5.36. The average Bonchev–Trinajstić information content (AvgIpc) is 2.38. The molecule has 0 radical (unpaired) electrons. The third-order valence-corrected chi connectivity index (χ3v) is 2.95. The maximum atomic E-state index is 13.7. The van der Waals surface area contributed by atoms with E-state index in [1.807, 2.05) is 6.92 Å². The van der Waals surface area contributed by atoms with E-state index in [1.54, 1.807) is 18.2 Å². The number of rotatable bonds is 3. The summed E-state index contributed by atoms with van der Waals surface area (Å²) in [5.74, 6) is -1.17. The molecule has 2 rings (SSSR count). The molecule has 1 unspecified atom stereocenters. The summed E-state index contributed by atoms with van der Waals surface area (Å²) in [6, 6.07) is 8.59. The zero-order chi connectivity index (χ0) is 14.0. The molecule has 0 saturated carbocycles. The molecular weight excluding hydrogens is 250 g/mol. The number of aryl methyl sites for hydroxylation is 1. The van der Waals surface area contributed by atoms with Crippen LogP contribution >= 0.6 is 0 Å². The lowest BCUT2D eigenvalue weighted by molar-refractivity contribution is 0.204. The molecule has 0 heterocycles. The van der Waals surface area contributed by atoms with Gasteiger partial charge >= 0.3 is 0 Å². The fraction of sp³-hybridized carbons (Fsp3) is 0.200. The molecule has 19 heavy (non-hydrogen) atoms. The molecule has 0 aliphatic carbocycles. The smallest absolute Gasteiger partial charge is 0.132 e. The first-order valence-electron chi connectivity index (χ1n) is 5.81. The predicted octanol–water partition coefficient (Wildman–Crippen LogP) is 3.36. The van der Waals surface area contributed by atoms with E-state index in [1.165, 1.54) is 13.2 Å². The van der Waals surface area contributed by atoms with Gasteiger partial charge in [-0.15, -0.1) is 0 Å².